The number of anilines is 1. The van der Waals surface area contributed by atoms with Crippen molar-refractivity contribution in [3.8, 4) is 11.4 Å². The molecule has 0 saturated carbocycles. The average Bonchev–Trinajstić information content (AvgIpc) is 3.44. The molecule has 4 heterocycles. The molecule has 1 fully saturated rings. The molecule has 0 bridgehead atoms. The highest BCUT2D eigenvalue weighted by molar-refractivity contribution is 9.10. The molecule has 0 aromatic carbocycles. The van der Waals surface area contributed by atoms with E-state index >= 15 is 0 Å². The molecule has 29 heavy (non-hydrogen) atoms. The lowest BCUT2D eigenvalue weighted by molar-refractivity contribution is -0.113. The topological polar surface area (TPSA) is 81.9 Å². The van der Waals surface area contributed by atoms with Gasteiger partial charge in [-0.15, -0.1) is 21.5 Å². The number of hydrogen-bond acceptors (Lipinski definition) is 7. The van der Waals surface area contributed by atoms with Gasteiger partial charge in [-0.25, -0.2) is 4.98 Å². The average molecular weight is 494 g/mol. The highest BCUT2D eigenvalue weighted by Gasteiger charge is 2.22. The minimum Gasteiger partial charge on any atom is -0.376 e. The molecule has 3 aromatic heterocycles. The number of ether oxygens (including phenoxy) is 1. The van der Waals surface area contributed by atoms with Crippen LogP contribution in [0.4, 0.5) is 5.82 Å². The molecule has 7 nitrogen and oxygen atoms in total. The molecule has 0 aliphatic carbocycles. The molecule has 0 spiro atoms. The maximum absolute atomic E-state index is 12.3. The Balaban J connectivity index is 1.47. The molecule has 10 heteroatoms. The van der Waals surface area contributed by atoms with Gasteiger partial charge in [-0.3, -0.25) is 9.36 Å². The first-order valence-corrected chi connectivity index (χ1v) is 11.9. The van der Waals surface area contributed by atoms with Crippen molar-refractivity contribution >= 4 is 50.8 Å². The number of rotatable bonds is 7. The van der Waals surface area contributed by atoms with Crippen molar-refractivity contribution in [2.24, 2.45) is 0 Å². The van der Waals surface area contributed by atoms with E-state index in [1.54, 1.807) is 23.6 Å². The number of nitrogens with zero attached hydrogens (tertiary/aromatic N) is 4. The fourth-order valence-electron chi connectivity index (χ4n) is 3.09. The summed E-state index contributed by atoms with van der Waals surface area (Å²) in [7, 11) is 0. The highest BCUT2D eigenvalue weighted by Crippen LogP contribution is 2.29. The summed E-state index contributed by atoms with van der Waals surface area (Å²) < 4.78 is 8.76. The van der Waals surface area contributed by atoms with E-state index in [0.29, 0.717) is 12.4 Å². The van der Waals surface area contributed by atoms with E-state index < -0.39 is 0 Å². The molecule has 1 saturated heterocycles. The fourth-order valence-corrected chi connectivity index (χ4v) is 4.75. The summed E-state index contributed by atoms with van der Waals surface area (Å²) in [6, 6.07) is 5.70. The molecule has 1 aliphatic rings. The molecule has 1 atom stereocenters. The summed E-state index contributed by atoms with van der Waals surface area (Å²) in [5, 5.41) is 14.4. The van der Waals surface area contributed by atoms with Gasteiger partial charge in [0.2, 0.25) is 5.91 Å². The number of thioether (sulfide) groups is 1. The van der Waals surface area contributed by atoms with Crippen molar-refractivity contribution in [2.75, 3.05) is 17.7 Å². The van der Waals surface area contributed by atoms with Crippen molar-refractivity contribution in [1.82, 2.24) is 19.7 Å². The van der Waals surface area contributed by atoms with Crippen LogP contribution in [0.25, 0.3) is 11.4 Å². The Morgan fingerprint density at radius 3 is 3.03 bits per heavy atom. The monoisotopic (exact) mass is 493 g/mol. The number of pyridine rings is 1. The van der Waals surface area contributed by atoms with Crippen LogP contribution in [-0.2, 0) is 16.1 Å². The van der Waals surface area contributed by atoms with Crippen molar-refractivity contribution in [1.29, 1.82) is 0 Å². The second-order valence-corrected chi connectivity index (χ2v) is 9.67. The number of amides is 1. The Kier molecular flexibility index (Phi) is 6.63. The summed E-state index contributed by atoms with van der Waals surface area (Å²) in [5.41, 5.74) is 1.05. The minimum atomic E-state index is -0.135. The molecule has 3 aromatic rings. The number of hydrogen-bond donors (Lipinski definition) is 1. The first-order chi connectivity index (χ1) is 14.1. The zero-order valence-corrected chi connectivity index (χ0v) is 19.0. The number of thiophene rings is 1. The lowest BCUT2D eigenvalue weighted by Gasteiger charge is -2.14. The normalized spacial score (nSPS) is 16.3. The number of aromatic nitrogens is 4. The Labute approximate surface area is 185 Å². The van der Waals surface area contributed by atoms with Crippen LogP contribution in [0.1, 0.15) is 17.7 Å². The Morgan fingerprint density at radius 2 is 2.34 bits per heavy atom. The van der Waals surface area contributed by atoms with Crippen LogP contribution in [0.2, 0.25) is 0 Å². The van der Waals surface area contributed by atoms with Crippen LogP contribution < -0.4 is 5.32 Å². The number of carbonyl (C=O) groups is 1. The first-order valence-electron chi connectivity index (χ1n) is 9.23. The summed E-state index contributed by atoms with van der Waals surface area (Å²) in [5.74, 6) is 1.44. The third-order valence-corrected chi connectivity index (χ3v) is 6.74. The molecule has 152 valence electrons. The van der Waals surface area contributed by atoms with Crippen molar-refractivity contribution in [3.63, 3.8) is 0 Å². The number of halogens is 1. The van der Waals surface area contributed by atoms with Gasteiger partial charge in [-0.1, -0.05) is 11.8 Å². The molecule has 1 aliphatic heterocycles. The van der Waals surface area contributed by atoms with Crippen molar-refractivity contribution in [2.45, 2.75) is 37.6 Å². The Bertz CT molecular complexity index is 983. The predicted octanol–water partition coefficient (Wildman–Crippen LogP) is 4.38. The van der Waals surface area contributed by atoms with Crippen LogP contribution in [0.15, 0.2) is 39.4 Å². The van der Waals surface area contributed by atoms with Gasteiger partial charge >= 0.3 is 0 Å². The standard InChI is InChI=1S/C19H20BrN5O2S2/c1-12-7-13(10-28-12)18-23-24-19(25(18)9-15-3-2-6-27-15)29-11-17(26)22-16-5-4-14(20)8-21-16/h4-5,7-8,10,15H,2-3,6,9,11H2,1H3,(H,21,22,26). The number of nitrogens with one attached hydrogen (secondary N) is 1. The van der Waals surface area contributed by atoms with Gasteiger partial charge in [0, 0.05) is 33.1 Å². The Morgan fingerprint density at radius 1 is 1.45 bits per heavy atom. The third-order valence-electron chi connectivity index (χ3n) is 4.44. The van der Waals surface area contributed by atoms with Gasteiger partial charge in [0.05, 0.1) is 18.4 Å². The quantitative estimate of drug-likeness (QED) is 0.491. The van der Waals surface area contributed by atoms with Crippen molar-refractivity contribution < 1.29 is 9.53 Å². The van der Waals surface area contributed by atoms with Crippen LogP contribution in [0, 0.1) is 6.92 Å². The van der Waals surface area contributed by atoms with Gasteiger partial charge < -0.3 is 10.1 Å². The van der Waals surface area contributed by atoms with Crippen LogP contribution in [0.5, 0.6) is 0 Å². The largest absolute Gasteiger partial charge is 0.376 e. The molecule has 1 unspecified atom stereocenters. The number of aryl methyl sites for hydroxylation is 1. The fraction of sp³-hybridized carbons (Fsp3) is 0.368. The van der Waals surface area contributed by atoms with E-state index in [1.165, 1.54) is 16.6 Å². The highest BCUT2D eigenvalue weighted by atomic mass is 79.9. The molecular weight excluding hydrogens is 474 g/mol. The first kappa shape index (κ1) is 20.5. The van der Waals surface area contributed by atoms with Crippen LogP contribution in [-0.4, -0.2) is 44.1 Å². The summed E-state index contributed by atoms with van der Waals surface area (Å²) in [4.78, 5) is 17.7. The minimum absolute atomic E-state index is 0.135. The van der Waals surface area contributed by atoms with Gasteiger partial charge in [0.25, 0.3) is 0 Å². The van der Waals surface area contributed by atoms with Gasteiger partial charge in [0.15, 0.2) is 11.0 Å². The van der Waals surface area contributed by atoms with Crippen LogP contribution in [0.3, 0.4) is 0 Å². The van der Waals surface area contributed by atoms with E-state index in [4.69, 9.17) is 4.74 Å². The van der Waals surface area contributed by atoms with Crippen LogP contribution >= 0.6 is 39.0 Å². The summed E-state index contributed by atoms with van der Waals surface area (Å²) >= 11 is 6.39. The maximum atomic E-state index is 12.3. The predicted molar refractivity (Wildman–Crippen MR) is 118 cm³/mol. The van der Waals surface area contributed by atoms with Crippen molar-refractivity contribution in [3.05, 3.63) is 39.1 Å². The van der Waals surface area contributed by atoms with E-state index in [9.17, 15) is 4.79 Å². The second kappa shape index (κ2) is 9.38. The van der Waals surface area contributed by atoms with E-state index in [2.05, 4.69) is 59.4 Å². The molecule has 1 N–H and O–H groups in total. The molecule has 1 amide bonds. The maximum Gasteiger partial charge on any atom is 0.236 e. The second-order valence-electron chi connectivity index (χ2n) is 6.70. The van der Waals surface area contributed by atoms with Gasteiger partial charge in [-0.2, -0.15) is 0 Å². The van der Waals surface area contributed by atoms with Gasteiger partial charge in [-0.05, 0) is 53.9 Å². The smallest absolute Gasteiger partial charge is 0.236 e. The van der Waals surface area contributed by atoms with E-state index in [0.717, 1.165) is 40.5 Å². The Hall–Kier alpha value is -1.75. The SMILES string of the molecule is Cc1cc(-c2nnc(SCC(=O)Nc3ccc(Br)cn3)n2CC2CCCO2)cs1. The molecular formula is C19H20BrN5O2S2. The molecule has 0 radical (unpaired) electrons. The van der Waals surface area contributed by atoms with E-state index in [-0.39, 0.29) is 17.8 Å². The molecule has 4 rings (SSSR count). The van der Waals surface area contributed by atoms with Gasteiger partial charge in [0.1, 0.15) is 5.82 Å². The zero-order chi connectivity index (χ0) is 20.2. The van der Waals surface area contributed by atoms with E-state index in [1.807, 2.05) is 6.07 Å². The summed E-state index contributed by atoms with van der Waals surface area (Å²) in [6.45, 7) is 3.56. The lowest BCUT2D eigenvalue weighted by atomic mass is 10.2. The lowest BCUT2D eigenvalue weighted by Crippen LogP contribution is -2.18. The zero-order valence-electron chi connectivity index (χ0n) is 15.8. The third kappa shape index (κ3) is 5.25. The summed E-state index contributed by atoms with van der Waals surface area (Å²) in [6.07, 6.45) is 3.91. The number of carbonyl (C=O) groups excluding carboxylic acids is 1.